The van der Waals surface area contributed by atoms with Gasteiger partial charge >= 0.3 is 11.4 Å². The summed E-state index contributed by atoms with van der Waals surface area (Å²) in [5, 5.41) is 9.30. The van der Waals surface area contributed by atoms with Crippen LogP contribution in [-0.2, 0) is 0 Å². The molecule has 1 rings (SSSR count). The smallest absolute Gasteiger partial charge is 0.387 e. The summed E-state index contributed by atoms with van der Waals surface area (Å²) in [6, 6.07) is 3.14. The molecule has 0 saturated heterocycles. The molecule has 1 atom stereocenters. The van der Waals surface area contributed by atoms with Crippen LogP contribution < -0.4 is 9.47 Å². The van der Waals surface area contributed by atoms with E-state index in [0.717, 1.165) is 18.2 Å². The van der Waals surface area contributed by atoms with Crippen molar-refractivity contribution in [3.63, 3.8) is 0 Å². The zero-order chi connectivity index (χ0) is 13.9. The molecule has 1 aromatic carbocycles. The van der Waals surface area contributed by atoms with Crippen LogP contribution in [0.2, 0.25) is 0 Å². The predicted molar refractivity (Wildman–Crippen MR) is 58.5 cm³/mol. The van der Waals surface area contributed by atoms with E-state index in [1.165, 1.54) is 7.11 Å². The largest absolute Gasteiger partial charge is 0.493 e. The topological polar surface area (TPSA) is 38.7 Å². The van der Waals surface area contributed by atoms with Gasteiger partial charge in [0.1, 0.15) is 0 Å². The molecular weight excluding hydrogens is 324 g/mol. The minimum atomic E-state index is -3.58. The quantitative estimate of drug-likeness (QED) is 0.664. The summed E-state index contributed by atoms with van der Waals surface area (Å²) in [4.78, 5) is -3.58. The number of hydrogen-bond acceptors (Lipinski definition) is 3. The van der Waals surface area contributed by atoms with Gasteiger partial charge in [0.25, 0.3) is 0 Å². The Morgan fingerprint density at radius 2 is 1.89 bits per heavy atom. The van der Waals surface area contributed by atoms with E-state index in [0.29, 0.717) is 0 Å². The molecule has 1 unspecified atom stereocenters. The number of methoxy groups -OCH3 is 1. The predicted octanol–water partition coefficient (Wildman–Crippen LogP) is 3.32. The molecule has 18 heavy (non-hydrogen) atoms. The first-order valence-electron chi connectivity index (χ1n) is 4.63. The van der Waals surface area contributed by atoms with Crippen LogP contribution >= 0.6 is 15.9 Å². The number of aliphatic hydroxyl groups is 1. The van der Waals surface area contributed by atoms with Gasteiger partial charge in [0.2, 0.25) is 0 Å². The molecule has 102 valence electrons. The Balaban J connectivity index is 3.10. The third-order valence-corrected chi connectivity index (χ3v) is 2.46. The Bertz CT molecular complexity index is 409. The Kier molecular flexibility index (Phi) is 4.80. The lowest BCUT2D eigenvalue weighted by Gasteiger charge is -2.18. The van der Waals surface area contributed by atoms with Crippen LogP contribution in [0.15, 0.2) is 18.2 Å². The van der Waals surface area contributed by atoms with Gasteiger partial charge in [0.05, 0.1) is 7.11 Å². The zero-order valence-corrected chi connectivity index (χ0v) is 10.6. The minimum Gasteiger partial charge on any atom is -0.493 e. The molecule has 0 fully saturated rings. The van der Waals surface area contributed by atoms with Crippen molar-refractivity contribution in [2.75, 3.05) is 7.11 Å². The second kappa shape index (κ2) is 5.75. The van der Waals surface area contributed by atoms with Crippen molar-refractivity contribution in [1.29, 1.82) is 0 Å². The Labute approximate surface area is 108 Å². The molecule has 0 aromatic heterocycles. The Hall–Kier alpha value is -1.02. The minimum absolute atomic E-state index is 0.0517. The van der Waals surface area contributed by atoms with Crippen molar-refractivity contribution < 1.29 is 32.1 Å². The summed E-state index contributed by atoms with van der Waals surface area (Å²) in [7, 11) is 1.21. The van der Waals surface area contributed by atoms with Crippen LogP contribution in [-0.4, -0.2) is 23.7 Å². The van der Waals surface area contributed by atoms with Crippen LogP contribution in [0.25, 0.3) is 0 Å². The monoisotopic (exact) mass is 332 g/mol. The van der Waals surface area contributed by atoms with Crippen LogP contribution in [0.5, 0.6) is 11.5 Å². The second-order valence-corrected chi connectivity index (χ2v) is 4.29. The highest BCUT2D eigenvalue weighted by molar-refractivity contribution is 9.10. The van der Waals surface area contributed by atoms with Gasteiger partial charge in [-0.05, 0) is 33.6 Å². The molecule has 1 N–H and O–H groups in total. The maximum absolute atomic E-state index is 12.8. The van der Waals surface area contributed by atoms with Crippen molar-refractivity contribution >= 4 is 15.9 Å². The van der Waals surface area contributed by atoms with Gasteiger partial charge in [-0.3, -0.25) is 0 Å². The Morgan fingerprint density at radius 1 is 1.28 bits per heavy atom. The Morgan fingerprint density at radius 3 is 2.33 bits per heavy atom. The molecule has 0 amide bonds. The summed E-state index contributed by atoms with van der Waals surface area (Å²) >= 11 is 1.99. The van der Waals surface area contributed by atoms with Gasteiger partial charge in [0, 0.05) is 0 Å². The molecule has 0 bridgehead atoms. The van der Waals surface area contributed by atoms with Gasteiger partial charge in [0.15, 0.2) is 17.6 Å². The van der Waals surface area contributed by atoms with E-state index >= 15 is 0 Å². The fraction of sp³-hybridized carbons (Fsp3) is 0.400. The van der Waals surface area contributed by atoms with Crippen molar-refractivity contribution in [3.05, 3.63) is 23.8 Å². The number of alkyl halides is 5. The van der Waals surface area contributed by atoms with E-state index in [-0.39, 0.29) is 11.3 Å². The molecule has 0 radical (unpaired) electrons. The van der Waals surface area contributed by atoms with Gasteiger partial charge in [-0.15, -0.1) is 0 Å². The molecule has 0 aliphatic heterocycles. The average molecular weight is 333 g/mol. The number of ether oxygens (including phenoxy) is 2. The molecule has 0 spiro atoms. The molecule has 1 aromatic rings. The molecule has 0 aliphatic carbocycles. The summed E-state index contributed by atoms with van der Waals surface area (Å²) in [5.74, 6) is -0.482. The third-order valence-electron chi connectivity index (χ3n) is 2.03. The van der Waals surface area contributed by atoms with E-state index in [1.807, 2.05) is 15.9 Å². The molecular formula is C10H9BrF4O3. The highest BCUT2D eigenvalue weighted by Gasteiger charge is 2.36. The summed E-state index contributed by atoms with van der Waals surface area (Å²) in [5.41, 5.74) is -0.284. The van der Waals surface area contributed by atoms with E-state index in [2.05, 4.69) is 4.74 Å². The molecule has 0 saturated carbocycles. The van der Waals surface area contributed by atoms with Crippen LogP contribution in [0.1, 0.15) is 11.7 Å². The van der Waals surface area contributed by atoms with Gasteiger partial charge < -0.3 is 14.6 Å². The normalized spacial score (nSPS) is 13.6. The third kappa shape index (κ3) is 3.74. The van der Waals surface area contributed by atoms with Gasteiger partial charge in [-0.2, -0.15) is 17.6 Å². The standard InChI is InChI=1S/C10H9BrF4O3/c1-17-6-3-2-5(8(16)10(11,14)15)4-7(6)18-9(12)13/h2-4,8-9,16H,1H3. The zero-order valence-electron chi connectivity index (χ0n) is 9.04. The van der Waals surface area contributed by atoms with E-state index < -0.39 is 23.3 Å². The number of benzene rings is 1. The maximum Gasteiger partial charge on any atom is 0.387 e. The number of aliphatic hydroxyl groups excluding tert-OH is 1. The number of rotatable bonds is 5. The average Bonchev–Trinajstić information content (AvgIpc) is 2.26. The highest BCUT2D eigenvalue weighted by atomic mass is 79.9. The van der Waals surface area contributed by atoms with Crippen LogP contribution in [0.4, 0.5) is 17.6 Å². The first-order chi connectivity index (χ1) is 8.25. The van der Waals surface area contributed by atoms with Crippen LogP contribution in [0.3, 0.4) is 0 Å². The summed E-state index contributed by atoms with van der Waals surface area (Å²) < 4.78 is 58.7. The lowest BCUT2D eigenvalue weighted by molar-refractivity contribution is -0.0520. The SMILES string of the molecule is COc1ccc(C(O)C(F)(F)Br)cc1OC(F)F. The van der Waals surface area contributed by atoms with Gasteiger partial charge in [-0.25, -0.2) is 0 Å². The number of hydrogen-bond donors (Lipinski definition) is 1. The van der Waals surface area contributed by atoms with Crippen molar-refractivity contribution in [1.82, 2.24) is 0 Å². The van der Waals surface area contributed by atoms with Crippen LogP contribution in [0, 0.1) is 0 Å². The van der Waals surface area contributed by atoms with Gasteiger partial charge in [-0.1, -0.05) is 6.07 Å². The first-order valence-corrected chi connectivity index (χ1v) is 5.42. The van der Waals surface area contributed by atoms with E-state index in [1.54, 1.807) is 0 Å². The first kappa shape index (κ1) is 15.0. The highest BCUT2D eigenvalue weighted by Crippen LogP contribution is 2.39. The summed E-state index contributed by atoms with van der Waals surface area (Å²) in [6.45, 7) is -3.13. The lowest BCUT2D eigenvalue weighted by Crippen LogP contribution is -2.18. The lowest BCUT2D eigenvalue weighted by atomic mass is 10.1. The fourth-order valence-corrected chi connectivity index (χ4v) is 1.50. The molecule has 0 aliphatic rings. The van der Waals surface area contributed by atoms with Crippen molar-refractivity contribution in [3.8, 4) is 11.5 Å². The second-order valence-electron chi connectivity index (χ2n) is 3.23. The molecule has 3 nitrogen and oxygen atoms in total. The molecule has 0 heterocycles. The van der Waals surface area contributed by atoms with E-state index in [4.69, 9.17) is 4.74 Å². The summed E-state index contributed by atoms with van der Waals surface area (Å²) in [6.07, 6.45) is -2.19. The molecule has 8 heteroatoms. The fourth-order valence-electron chi connectivity index (χ4n) is 1.24. The van der Waals surface area contributed by atoms with Crippen molar-refractivity contribution in [2.45, 2.75) is 17.5 Å². The van der Waals surface area contributed by atoms with Crippen molar-refractivity contribution in [2.24, 2.45) is 0 Å². The maximum atomic E-state index is 12.8. The number of halogens is 5. The van der Waals surface area contributed by atoms with E-state index in [9.17, 15) is 22.7 Å².